The molecule has 0 fully saturated rings. The van der Waals surface area contributed by atoms with E-state index < -0.39 is 5.91 Å². The number of hydrogen-bond donors (Lipinski definition) is 1. The van der Waals surface area contributed by atoms with Crippen molar-refractivity contribution in [1.82, 2.24) is 5.16 Å². The summed E-state index contributed by atoms with van der Waals surface area (Å²) in [4.78, 5) is 11.2. The number of aromatic nitrogens is 1. The number of carbonyl (C=O) groups is 1. The van der Waals surface area contributed by atoms with Gasteiger partial charge in [-0.3, -0.25) is 4.79 Å². The minimum absolute atomic E-state index is 0.421. The summed E-state index contributed by atoms with van der Waals surface area (Å²) in [7, 11) is 0. The van der Waals surface area contributed by atoms with Crippen LogP contribution in [0.4, 0.5) is 0 Å². The summed E-state index contributed by atoms with van der Waals surface area (Å²) in [6.45, 7) is 1.83. The SMILES string of the molecule is Cc1cc(Cc2ccccc2C(N)=O)no1. The normalized spacial score (nSPS) is 10.3. The van der Waals surface area contributed by atoms with E-state index in [4.69, 9.17) is 10.3 Å². The highest BCUT2D eigenvalue weighted by atomic mass is 16.5. The first kappa shape index (κ1) is 10.4. The number of hydrogen-bond acceptors (Lipinski definition) is 3. The summed E-state index contributed by atoms with van der Waals surface area (Å²) < 4.78 is 4.97. The van der Waals surface area contributed by atoms with Crippen LogP contribution < -0.4 is 5.73 Å². The van der Waals surface area contributed by atoms with Gasteiger partial charge in [0.2, 0.25) is 5.91 Å². The van der Waals surface area contributed by atoms with E-state index in [-0.39, 0.29) is 0 Å². The lowest BCUT2D eigenvalue weighted by Crippen LogP contribution is -2.13. The summed E-state index contributed by atoms with van der Waals surface area (Å²) in [5, 5.41) is 3.88. The highest BCUT2D eigenvalue weighted by Gasteiger charge is 2.09. The molecule has 0 aliphatic carbocycles. The molecule has 2 rings (SSSR count). The minimum atomic E-state index is -0.421. The van der Waals surface area contributed by atoms with Gasteiger partial charge < -0.3 is 10.3 Å². The average molecular weight is 216 g/mol. The third kappa shape index (κ3) is 2.11. The van der Waals surface area contributed by atoms with E-state index in [0.29, 0.717) is 12.0 Å². The molecule has 2 aromatic rings. The number of primary amides is 1. The maximum Gasteiger partial charge on any atom is 0.248 e. The van der Waals surface area contributed by atoms with Crippen molar-refractivity contribution in [2.45, 2.75) is 13.3 Å². The largest absolute Gasteiger partial charge is 0.366 e. The molecule has 1 aromatic carbocycles. The number of aryl methyl sites for hydroxylation is 1. The van der Waals surface area contributed by atoms with Crippen LogP contribution in [0.15, 0.2) is 34.9 Å². The Bertz CT molecular complexity index is 517. The molecule has 0 bridgehead atoms. The zero-order valence-electron chi connectivity index (χ0n) is 8.93. The minimum Gasteiger partial charge on any atom is -0.366 e. The van der Waals surface area contributed by atoms with Gasteiger partial charge in [-0.15, -0.1) is 0 Å². The lowest BCUT2D eigenvalue weighted by molar-refractivity contribution is 0.0999. The molecule has 1 amide bonds. The molecule has 0 aliphatic heterocycles. The first-order chi connectivity index (χ1) is 7.66. The zero-order valence-corrected chi connectivity index (χ0v) is 8.93. The number of benzene rings is 1. The third-order valence-corrected chi connectivity index (χ3v) is 2.33. The van der Waals surface area contributed by atoms with Gasteiger partial charge in [0, 0.05) is 18.1 Å². The summed E-state index contributed by atoms with van der Waals surface area (Å²) in [6, 6.07) is 9.08. The number of amides is 1. The maximum absolute atomic E-state index is 11.2. The van der Waals surface area contributed by atoms with Gasteiger partial charge in [0.05, 0.1) is 5.69 Å². The second-order valence-electron chi connectivity index (χ2n) is 3.63. The molecule has 0 saturated carbocycles. The molecule has 0 saturated heterocycles. The maximum atomic E-state index is 11.2. The fraction of sp³-hybridized carbons (Fsp3) is 0.167. The van der Waals surface area contributed by atoms with Crippen LogP contribution in [0.5, 0.6) is 0 Å². The van der Waals surface area contributed by atoms with Gasteiger partial charge >= 0.3 is 0 Å². The van der Waals surface area contributed by atoms with Crippen molar-refractivity contribution in [3.8, 4) is 0 Å². The molecule has 2 N–H and O–H groups in total. The quantitative estimate of drug-likeness (QED) is 0.848. The van der Waals surface area contributed by atoms with Crippen molar-refractivity contribution >= 4 is 5.91 Å². The van der Waals surface area contributed by atoms with Gasteiger partial charge in [0.15, 0.2) is 0 Å². The van der Waals surface area contributed by atoms with Crippen LogP contribution in [0.3, 0.4) is 0 Å². The van der Waals surface area contributed by atoms with Crippen LogP contribution in [0.1, 0.15) is 27.4 Å². The van der Waals surface area contributed by atoms with E-state index in [1.807, 2.05) is 25.1 Å². The molecule has 16 heavy (non-hydrogen) atoms. The Kier molecular flexibility index (Phi) is 2.72. The van der Waals surface area contributed by atoms with E-state index in [1.165, 1.54) is 0 Å². The van der Waals surface area contributed by atoms with Gasteiger partial charge in [-0.25, -0.2) is 0 Å². The van der Waals surface area contributed by atoms with Crippen LogP contribution in [-0.4, -0.2) is 11.1 Å². The van der Waals surface area contributed by atoms with Crippen LogP contribution in [0, 0.1) is 6.92 Å². The Morgan fingerprint density at radius 3 is 2.81 bits per heavy atom. The number of nitrogens with zero attached hydrogens (tertiary/aromatic N) is 1. The van der Waals surface area contributed by atoms with Crippen molar-refractivity contribution in [3.63, 3.8) is 0 Å². The van der Waals surface area contributed by atoms with Gasteiger partial charge in [-0.05, 0) is 18.6 Å². The first-order valence-corrected chi connectivity index (χ1v) is 4.96. The van der Waals surface area contributed by atoms with Crippen molar-refractivity contribution in [3.05, 3.63) is 52.9 Å². The number of nitrogens with two attached hydrogens (primary N) is 1. The molecule has 0 radical (unpaired) electrons. The molecule has 0 aliphatic rings. The van der Waals surface area contributed by atoms with E-state index in [0.717, 1.165) is 17.0 Å². The second kappa shape index (κ2) is 4.18. The molecule has 4 nitrogen and oxygen atoms in total. The summed E-state index contributed by atoms with van der Waals surface area (Å²) >= 11 is 0. The number of rotatable bonds is 3. The predicted molar refractivity (Wildman–Crippen MR) is 59.0 cm³/mol. The molecule has 82 valence electrons. The first-order valence-electron chi connectivity index (χ1n) is 4.96. The summed E-state index contributed by atoms with van der Waals surface area (Å²) in [5.74, 6) is 0.336. The Hall–Kier alpha value is -2.10. The lowest BCUT2D eigenvalue weighted by atomic mass is 10.0. The molecular formula is C12H12N2O2. The highest BCUT2D eigenvalue weighted by molar-refractivity contribution is 5.94. The van der Waals surface area contributed by atoms with Crippen LogP contribution in [0.25, 0.3) is 0 Å². The molecule has 1 aromatic heterocycles. The predicted octanol–water partition coefficient (Wildman–Crippen LogP) is 1.67. The van der Waals surface area contributed by atoms with Crippen molar-refractivity contribution in [2.75, 3.05) is 0 Å². The smallest absolute Gasteiger partial charge is 0.248 e. The van der Waals surface area contributed by atoms with E-state index >= 15 is 0 Å². The molecule has 4 heteroatoms. The summed E-state index contributed by atoms with van der Waals surface area (Å²) in [6.07, 6.45) is 0.552. The van der Waals surface area contributed by atoms with Crippen LogP contribution >= 0.6 is 0 Å². The molecule has 0 spiro atoms. The third-order valence-electron chi connectivity index (χ3n) is 2.33. The summed E-state index contributed by atoms with van der Waals surface area (Å²) in [5.41, 5.74) is 7.48. The molecule has 0 unspecified atom stereocenters. The van der Waals surface area contributed by atoms with Crippen molar-refractivity contribution < 1.29 is 9.32 Å². The van der Waals surface area contributed by atoms with Crippen LogP contribution in [-0.2, 0) is 6.42 Å². The fourth-order valence-electron chi connectivity index (χ4n) is 1.61. The molecular weight excluding hydrogens is 204 g/mol. The fourth-order valence-corrected chi connectivity index (χ4v) is 1.61. The van der Waals surface area contributed by atoms with E-state index in [2.05, 4.69) is 5.16 Å². The molecule has 1 heterocycles. The standard InChI is InChI=1S/C12H12N2O2/c1-8-6-10(14-16-8)7-9-4-2-3-5-11(9)12(13)15/h2-6H,7H2,1H3,(H2,13,15). The molecule has 0 atom stereocenters. The Morgan fingerprint density at radius 2 is 2.19 bits per heavy atom. The Morgan fingerprint density at radius 1 is 1.44 bits per heavy atom. The van der Waals surface area contributed by atoms with Crippen LogP contribution in [0.2, 0.25) is 0 Å². The second-order valence-corrected chi connectivity index (χ2v) is 3.63. The van der Waals surface area contributed by atoms with Gasteiger partial charge in [-0.2, -0.15) is 0 Å². The van der Waals surface area contributed by atoms with E-state index in [1.54, 1.807) is 12.1 Å². The van der Waals surface area contributed by atoms with Gasteiger partial charge in [0.1, 0.15) is 5.76 Å². The number of carbonyl (C=O) groups excluding carboxylic acids is 1. The lowest BCUT2D eigenvalue weighted by Gasteiger charge is -2.03. The topological polar surface area (TPSA) is 69.1 Å². The monoisotopic (exact) mass is 216 g/mol. The van der Waals surface area contributed by atoms with E-state index in [9.17, 15) is 4.79 Å². The van der Waals surface area contributed by atoms with Crippen molar-refractivity contribution in [2.24, 2.45) is 5.73 Å². The zero-order chi connectivity index (χ0) is 11.5. The van der Waals surface area contributed by atoms with Crippen molar-refractivity contribution in [1.29, 1.82) is 0 Å². The van der Waals surface area contributed by atoms with Gasteiger partial charge in [0.25, 0.3) is 0 Å². The average Bonchev–Trinajstić information content (AvgIpc) is 2.64. The Labute approximate surface area is 93.1 Å². The Balaban J connectivity index is 2.31. The van der Waals surface area contributed by atoms with Gasteiger partial charge in [-0.1, -0.05) is 23.4 Å². The highest BCUT2D eigenvalue weighted by Crippen LogP contribution is 2.13.